The van der Waals surface area contributed by atoms with Crippen LogP contribution in [-0.4, -0.2) is 29.5 Å². The number of halogens is 1. The first-order chi connectivity index (χ1) is 13.5. The van der Waals surface area contributed by atoms with Gasteiger partial charge in [-0.25, -0.2) is 9.97 Å². The molecule has 7 heteroatoms. The number of hydrogen-bond acceptors (Lipinski definition) is 5. The molecule has 3 rings (SSSR count). The summed E-state index contributed by atoms with van der Waals surface area (Å²) >= 11 is 6.00. The lowest BCUT2D eigenvalue weighted by atomic mass is 10.1. The molecule has 0 aliphatic carbocycles. The summed E-state index contributed by atoms with van der Waals surface area (Å²) in [6.07, 6.45) is 2.15. The van der Waals surface area contributed by atoms with Crippen LogP contribution in [0.4, 0.5) is 11.5 Å². The van der Waals surface area contributed by atoms with Crippen LogP contribution < -0.4 is 15.4 Å². The summed E-state index contributed by atoms with van der Waals surface area (Å²) in [5.74, 6) is 0.843. The number of amides is 1. The number of carbonyl (C=O) groups is 1. The van der Waals surface area contributed by atoms with Gasteiger partial charge in [0.05, 0.1) is 12.8 Å². The van der Waals surface area contributed by atoms with Crippen LogP contribution in [-0.2, 0) is 6.42 Å². The van der Waals surface area contributed by atoms with Crippen molar-refractivity contribution in [3.8, 4) is 5.75 Å². The van der Waals surface area contributed by atoms with Crippen LogP contribution in [0.5, 0.6) is 5.75 Å². The molecule has 0 aliphatic rings. The predicted molar refractivity (Wildman–Crippen MR) is 111 cm³/mol. The molecule has 0 aliphatic heterocycles. The maximum Gasteiger partial charge on any atom is 0.274 e. The van der Waals surface area contributed by atoms with E-state index >= 15 is 0 Å². The van der Waals surface area contributed by atoms with E-state index in [0.29, 0.717) is 28.8 Å². The summed E-state index contributed by atoms with van der Waals surface area (Å²) in [6, 6.07) is 14.9. The van der Waals surface area contributed by atoms with Gasteiger partial charge >= 0.3 is 0 Å². The molecule has 0 saturated heterocycles. The van der Waals surface area contributed by atoms with Crippen LogP contribution in [0.1, 0.15) is 21.6 Å². The third kappa shape index (κ3) is 5.20. The molecule has 0 fully saturated rings. The van der Waals surface area contributed by atoms with Gasteiger partial charge in [0.25, 0.3) is 5.91 Å². The van der Waals surface area contributed by atoms with E-state index < -0.39 is 0 Å². The van der Waals surface area contributed by atoms with Crippen molar-refractivity contribution in [2.45, 2.75) is 13.3 Å². The molecule has 0 saturated carbocycles. The Morgan fingerprint density at radius 3 is 2.79 bits per heavy atom. The Labute approximate surface area is 168 Å². The van der Waals surface area contributed by atoms with Crippen molar-refractivity contribution in [1.29, 1.82) is 0 Å². The summed E-state index contributed by atoms with van der Waals surface area (Å²) in [6.45, 7) is 2.60. The van der Waals surface area contributed by atoms with E-state index in [4.69, 9.17) is 16.3 Å². The van der Waals surface area contributed by atoms with Gasteiger partial charge in [-0.3, -0.25) is 4.79 Å². The van der Waals surface area contributed by atoms with E-state index in [1.54, 1.807) is 13.2 Å². The minimum Gasteiger partial charge on any atom is -0.495 e. The van der Waals surface area contributed by atoms with Crippen LogP contribution in [0.15, 0.2) is 54.9 Å². The molecular formula is C21H21ClN4O2. The molecule has 3 aromatic rings. The predicted octanol–water partition coefficient (Wildman–Crippen LogP) is 4.35. The average Bonchev–Trinajstić information content (AvgIpc) is 2.68. The zero-order valence-electron chi connectivity index (χ0n) is 15.7. The Morgan fingerprint density at radius 1 is 1.14 bits per heavy atom. The molecule has 6 nitrogen and oxygen atoms in total. The monoisotopic (exact) mass is 396 g/mol. The quantitative estimate of drug-likeness (QED) is 0.620. The molecule has 0 spiro atoms. The van der Waals surface area contributed by atoms with Crippen molar-refractivity contribution in [1.82, 2.24) is 9.97 Å². The van der Waals surface area contributed by atoms with Crippen LogP contribution in [0, 0.1) is 6.92 Å². The van der Waals surface area contributed by atoms with Gasteiger partial charge in [-0.05, 0) is 48.7 Å². The first-order valence-corrected chi connectivity index (χ1v) is 9.19. The zero-order chi connectivity index (χ0) is 19.9. The lowest BCUT2D eigenvalue weighted by molar-refractivity contribution is 0.102. The van der Waals surface area contributed by atoms with Gasteiger partial charge in [0.1, 0.15) is 23.6 Å². The molecule has 2 N–H and O–H groups in total. The molecule has 0 unspecified atom stereocenters. The molecule has 1 aromatic heterocycles. The number of aryl methyl sites for hydroxylation is 1. The van der Waals surface area contributed by atoms with Crippen LogP contribution in [0.3, 0.4) is 0 Å². The first-order valence-electron chi connectivity index (χ1n) is 8.81. The van der Waals surface area contributed by atoms with E-state index in [1.165, 1.54) is 6.33 Å². The first kappa shape index (κ1) is 19.6. The van der Waals surface area contributed by atoms with Crippen molar-refractivity contribution in [3.63, 3.8) is 0 Å². The fraction of sp³-hybridized carbons (Fsp3) is 0.190. The van der Waals surface area contributed by atoms with E-state index in [1.807, 2.05) is 49.4 Å². The molecular weight excluding hydrogens is 376 g/mol. The number of methoxy groups -OCH3 is 1. The SMILES string of the molecule is COc1ccc(C)cc1NC(=O)c1cc(NCCc2cccc(Cl)c2)ncn1. The summed E-state index contributed by atoms with van der Waals surface area (Å²) in [5, 5.41) is 6.75. The van der Waals surface area contributed by atoms with Crippen LogP contribution in [0.25, 0.3) is 0 Å². The molecule has 1 heterocycles. The van der Waals surface area contributed by atoms with Gasteiger partial charge in [-0.15, -0.1) is 0 Å². The lowest BCUT2D eigenvalue weighted by Crippen LogP contribution is -2.16. The highest BCUT2D eigenvalue weighted by Gasteiger charge is 2.12. The molecule has 2 aromatic carbocycles. The second-order valence-electron chi connectivity index (χ2n) is 6.25. The third-order valence-corrected chi connectivity index (χ3v) is 4.35. The van der Waals surface area contributed by atoms with E-state index in [2.05, 4.69) is 20.6 Å². The van der Waals surface area contributed by atoms with Crippen molar-refractivity contribution < 1.29 is 9.53 Å². The van der Waals surface area contributed by atoms with Gasteiger partial charge in [0.2, 0.25) is 0 Å². The smallest absolute Gasteiger partial charge is 0.274 e. The van der Waals surface area contributed by atoms with Crippen molar-refractivity contribution in [2.24, 2.45) is 0 Å². The number of anilines is 2. The Morgan fingerprint density at radius 2 is 2.00 bits per heavy atom. The molecule has 1 amide bonds. The van der Waals surface area contributed by atoms with Crippen molar-refractivity contribution in [2.75, 3.05) is 24.3 Å². The summed E-state index contributed by atoms with van der Waals surface area (Å²) in [7, 11) is 1.56. The highest BCUT2D eigenvalue weighted by Crippen LogP contribution is 2.25. The number of hydrogen-bond donors (Lipinski definition) is 2. The fourth-order valence-corrected chi connectivity index (χ4v) is 2.92. The molecule has 0 atom stereocenters. The number of carbonyl (C=O) groups excluding carboxylic acids is 1. The number of nitrogens with one attached hydrogen (secondary N) is 2. The number of nitrogens with zero attached hydrogens (tertiary/aromatic N) is 2. The fourth-order valence-electron chi connectivity index (χ4n) is 2.71. The maximum atomic E-state index is 12.6. The lowest BCUT2D eigenvalue weighted by Gasteiger charge is -2.11. The highest BCUT2D eigenvalue weighted by molar-refractivity contribution is 6.30. The maximum absolute atomic E-state index is 12.6. The Hall–Kier alpha value is -3.12. The Balaban J connectivity index is 1.64. The third-order valence-electron chi connectivity index (χ3n) is 4.11. The highest BCUT2D eigenvalue weighted by atomic mass is 35.5. The zero-order valence-corrected chi connectivity index (χ0v) is 16.5. The van der Waals surface area contributed by atoms with Gasteiger partial charge in [-0.2, -0.15) is 0 Å². The molecule has 144 valence electrons. The summed E-state index contributed by atoms with van der Waals surface area (Å²) in [4.78, 5) is 20.8. The average molecular weight is 397 g/mol. The van der Waals surface area contributed by atoms with Gasteiger partial charge in [-0.1, -0.05) is 29.8 Å². The number of ether oxygens (including phenoxy) is 1. The topological polar surface area (TPSA) is 76.1 Å². The minimum atomic E-state index is -0.329. The number of aromatic nitrogens is 2. The summed E-state index contributed by atoms with van der Waals surface area (Å²) < 4.78 is 5.30. The molecule has 0 radical (unpaired) electrons. The molecule has 0 bridgehead atoms. The standard InChI is InChI=1S/C21H21ClN4O2/c1-14-6-7-19(28-2)17(10-14)26-21(27)18-12-20(25-13-24-18)23-9-8-15-4-3-5-16(22)11-15/h3-7,10-13H,8-9H2,1-2H3,(H,26,27)(H,23,24,25). The Bertz CT molecular complexity index is 978. The summed E-state index contributed by atoms with van der Waals surface area (Å²) in [5.41, 5.74) is 3.01. The van der Waals surface area contributed by atoms with Crippen molar-refractivity contribution >= 4 is 29.0 Å². The van der Waals surface area contributed by atoms with E-state index in [-0.39, 0.29) is 11.6 Å². The van der Waals surface area contributed by atoms with Gasteiger partial charge in [0.15, 0.2) is 0 Å². The van der Waals surface area contributed by atoms with Crippen LogP contribution >= 0.6 is 11.6 Å². The van der Waals surface area contributed by atoms with Crippen molar-refractivity contribution in [3.05, 3.63) is 76.7 Å². The number of benzene rings is 2. The second kappa shape index (κ2) is 9.19. The van der Waals surface area contributed by atoms with Crippen LogP contribution in [0.2, 0.25) is 5.02 Å². The molecule has 28 heavy (non-hydrogen) atoms. The minimum absolute atomic E-state index is 0.267. The normalized spacial score (nSPS) is 10.4. The van der Waals surface area contributed by atoms with Gasteiger partial charge in [0, 0.05) is 17.6 Å². The van der Waals surface area contributed by atoms with E-state index in [0.717, 1.165) is 17.5 Å². The van der Waals surface area contributed by atoms with Gasteiger partial charge < -0.3 is 15.4 Å². The second-order valence-corrected chi connectivity index (χ2v) is 6.69. The Kier molecular flexibility index (Phi) is 6.45. The van der Waals surface area contributed by atoms with E-state index in [9.17, 15) is 4.79 Å². The largest absolute Gasteiger partial charge is 0.495 e. The number of rotatable bonds is 7.